The molecule has 0 aromatic heterocycles. The van der Waals surface area contributed by atoms with Crippen LogP contribution in [0.4, 0.5) is 0 Å². The fraction of sp³-hybridized carbons (Fsp3) is 0.579. The number of carboxylic acid groups (broad SMARTS) is 1. The predicted molar refractivity (Wildman–Crippen MR) is 88.0 cm³/mol. The van der Waals surface area contributed by atoms with Gasteiger partial charge in [-0.25, -0.2) is 0 Å². The lowest BCUT2D eigenvalue weighted by molar-refractivity contribution is -0.141. The number of aliphatic carboxylic acids is 1. The molecule has 2 unspecified atom stereocenters. The van der Waals surface area contributed by atoms with Crippen LogP contribution in [0.2, 0.25) is 0 Å². The molecule has 2 aliphatic rings. The van der Waals surface area contributed by atoms with E-state index in [1.54, 1.807) is 7.11 Å². The molecule has 2 fully saturated rings. The standard InChI is InChI=1S/C19H23NO4/c1-3-24-17-8-15(4-5-16(17)23-2)19(11-20)9-13-6-12(18(21)22)7-14(13)10-19/h4-5,8,12-14H,3,6-7,9-10H2,1-2H3,(H,21,22). The Labute approximate surface area is 142 Å². The molecule has 2 atom stereocenters. The molecular weight excluding hydrogens is 306 g/mol. The summed E-state index contributed by atoms with van der Waals surface area (Å²) in [4.78, 5) is 11.2. The third-order valence-electron chi connectivity index (χ3n) is 5.64. The van der Waals surface area contributed by atoms with Crippen molar-refractivity contribution in [2.24, 2.45) is 17.8 Å². The Morgan fingerprint density at radius 1 is 1.33 bits per heavy atom. The van der Waals surface area contributed by atoms with Crippen molar-refractivity contribution in [2.75, 3.05) is 13.7 Å². The van der Waals surface area contributed by atoms with Gasteiger partial charge in [0.25, 0.3) is 0 Å². The highest BCUT2D eigenvalue weighted by Crippen LogP contribution is 2.56. The fourth-order valence-corrected chi connectivity index (χ4v) is 4.53. The van der Waals surface area contributed by atoms with E-state index in [9.17, 15) is 15.2 Å². The molecule has 2 saturated carbocycles. The molecule has 0 bridgehead atoms. The summed E-state index contributed by atoms with van der Waals surface area (Å²) in [6.07, 6.45) is 2.85. The summed E-state index contributed by atoms with van der Waals surface area (Å²) in [5.41, 5.74) is 0.409. The van der Waals surface area contributed by atoms with Gasteiger partial charge in [-0.2, -0.15) is 5.26 Å². The molecule has 2 aliphatic carbocycles. The number of carboxylic acids is 1. The minimum atomic E-state index is -0.699. The van der Waals surface area contributed by atoms with Crippen molar-refractivity contribution < 1.29 is 19.4 Å². The molecule has 24 heavy (non-hydrogen) atoms. The van der Waals surface area contributed by atoms with Crippen LogP contribution in [0.25, 0.3) is 0 Å². The Bertz CT molecular complexity index is 664. The molecule has 0 amide bonds. The molecule has 0 spiro atoms. The second-order valence-electron chi connectivity index (χ2n) is 6.93. The number of benzene rings is 1. The van der Waals surface area contributed by atoms with Crippen LogP contribution in [0.15, 0.2) is 18.2 Å². The van der Waals surface area contributed by atoms with Crippen molar-refractivity contribution in [1.29, 1.82) is 5.26 Å². The van der Waals surface area contributed by atoms with Crippen LogP contribution in [0.1, 0.15) is 38.2 Å². The number of nitriles is 1. The van der Waals surface area contributed by atoms with Gasteiger partial charge in [0.2, 0.25) is 0 Å². The van der Waals surface area contributed by atoms with E-state index in [4.69, 9.17) is 9.47 Å². The van der Waals surface area contributed by atoms with Crippen molar-refractivity contribution >= 4 is 5.97 Å². The van der Waals surface area contributed by atoms with Gasteiger partial charge in [-0.05, 0) is 62.1 Å². The average Bonchev–Trinajstić information content (AvgIpc) is 3.11. The van der Waals surface area contributed by atoms with E-state index in [0.717, 1.165) is 18.4 Å². The van der Waals surface area contributed by atoms with E-state index in [-0.39, 0.29) is 5.92 Å². The second-order valence-corrected chi connectivity index (χ2v) is 6.93. The number of ether oxygens (including phenoxy) is 2. The first-order chi connectivity index (χ1) is 11.5. The van der Waals surface area contributed by atoms with E-state index in [2.05, 4.69) is 6.07 Å². The number of nitrogens with zero attached hydrogens (tertiary/aromatic N) is 1. The minimum absolute atomic E-state index is 0.244. The van der Waals surface area contributed by atoms with Gasteiger partial charge in [-0.15, -0.1) is 0 Å². The van der Waals surface area contributed by atoms with Gasteiger partial charge in [-0.3, -0.25) is 4.79 Å². The number of carbonyl (C=O) groups is 1. The summed E-state index contributed by atoms with van der Waals surface area (Å²) in [5.74, 6) is 1.03. The maximum Gasteiger partial charge on any atom is 0.306 e. The normalized spacial score (nSPS) is 31.3. The zero-order valence-electron chi connectivity index (χ0n) is 14.1. The lowest BCUT2D eigenvalue weighted by Crippen LogP contribution is -2.22. The first-order valence-electron chi connectivity index (χ1n) is 8.48. The predicted octanol–water partition coefficient (Wildman–Crippen LogP) is 3.38. The molecular formula is C19H23NO4. The summed E-state index contributed by atoms with van der Waals surface area (Å²) < 4.78 is 11.0. The number of hydrogen-bond acceptors (Lipinski definition) is 4. The first-order valence-corrected chi connectivity index (χ1v) is 8.48. The molecule has 3 rings (SSSR count). The topological polar surface area (TPSA) is 79.5 Å². The smallest absolute Gasteiger partial charge is 0.306 e. The van der Waals surface area contributed by atoms with Gasteiger partial charge in [0.05, 0.1) is 31.1 Å². The van der Waals surface area contributed by atoms with Crippen LogP contribution >= 0.6 is 0 Å². The van der Waals surface area contributed by atoms with Gasteiger partial charge in [0.1, 0.15) is 0 Å². The Morgan fingerprint density at radius 3 is 2.50 bits per heavy atom. The number of methoxy groups -OCH3 is 1. The summed E-state index contributed by atoms with van der Waals surface area (Å²) in [6, 6.07) is 8.25. The van der Waals surface area contributed by atoms with E-state index in [1.165, 1.54) is 0 Å². The maximum atomic E-state index is 11.2. The number of hydrogen-bond donors (Lipinski definition) is 1. The molecule has 0 saturated heterocycles. The van der Waals surface area contributed by atoms with Crippen molar-refractivity contribution in [3.05, 3.63) is 23.8 Å². The Kier molecular flexibility index (Phi) is 4.40. The molecule has 1 aromatic carbocycles. The highest BCUT2D eigenvalue weighted by Gasteiger charge is 2.52. The molecule has 5 heteroatoms. The van der Waals surface area contributed by atoms with Crippen LogP contribution in [-0.2, 0) is 10.2 Å². The summed E-state index contributed by atoms with van der Waals surface area (Å²) >= 11 is 0. The van der Waals surface area contributed by atoms with Gasteiger partial charge >= 0.3 is 5.97 Å². The molecule has 0 heterocycles. The van der Waals surface area contributed by atoms with Crippen LogP contribution in [0.3, 0.4) is 0 Å². The van der Waals surface area contributed by atoms with E-state index in [1.807, 2.05) is 25.1 Å². The quantitative estimate of drug-likeness (QED) is 0.896. The minimum Gasteiger partial charge on any atom is -0.493 e. The zero-order chi connectivity index (χ0) is 17.3. The van der Waals surface area contributed by atoms with Gasteiger partial charge in [0.15, 0.2) is 11.5 Å². The van der Waals surface area contributed by atoms with E-state index < -0.39 is 11.4 Å². The molecule has 0 radical (unpaired) electrons. The Hall–Kier alpha value is -2.22. The lowest BCUT2D eigenvalue weighted by Gasteiger charge is -2.24. The summed E-state index contributed by atoms with van der Waals surface area (Å²) in [5, 5.41) is 19.1. The zero-order valence-corrected chi connectivity index (χ0v) is 14.1. The first kappa shape index (κ1) is 16.6. The van der Waals surface area contributed by atoms with Crippen molar-refractivity contribution in [2.45, 2.75) is 38.0 Å². The Morgan fingerprint density at radius 2 is 2.00 bits per heavy atom. The lowest BCUT2D eigenvalue weighted by atomic mass is 9.77. The fourth-order valence-electron chi connectivity index (χ4n) is 4.53. The highest BCUT2D eigenvalue weighted by molar-refractivity contribution is 5.70. The largest absolute Gasteiger partial charge is 0.493 e. The molecule has 5 nitrogen and oxygen atoms in total. The highest BCUT2D eigenvalue weighted by atomic mass is 16.5. The summed E-state index contributed by atoms with van der Waals surface area (Å²) in [6.45, 7) is 2.45. The monoisotopic (exact) mass is 329 g/mol. The van der Waals surface area contributed by atoms with Gasteiger partial charge < -0.3 is 14.6 Å². The van der Waals surface area contributed by atoms with Crippen LogP contribution in [0, 0.1) is 29.1 Å². The third-order valence-corrected chi connectivity index (χ3v) is 5.64. The molecule has 128 valence electrons. The van der Waals surface area contributed by atoms with Crippen molar-refractivity contribution in [3.63, 3.8) is 0 Å². The van der Waals surface area contributed by atoms with Crippen molar-refractivity contribution in [3.8, 4) is 17.6 Å². The van der Waals surface area contributed by atoms with Crippen LogP contribution < -0.4 is 9.47 Å². The van der Waals surface area contributed by atoms with E-state index in [0.29, 0.717) is 42.8 Å². The SMILES string of the molecule is CCOc1cc(C2(C#N)CC3CC(C(=O)O)CC3C2)ccc1OC. The van der Waals surface area contributed by atoms with E-state index >= 15 is 0 Å². The van der Waals surface area contributed by atoms with Crippen LogP contribution in [-0.4, -0.2) is 24.8 Å². The maximum absolute atomic E-state index is 11.2. The second kappa shape index (κ2) is 6.35. The van der Waals surface area contributed by atoms with Gasteiger partial charge in [-0.1, -0.05) is 6.07 Å². The number of fused-ring (bicyclic) bond motifs is 1. The average molecular weight is 329 g/mol. The van der Waals surface area contributed by atoms with Crippen molar-refractivity contribution in [1.82, 2.24) is 0 Å². The van der Waals surface area contributed by atoms with Crippen LogP contribution in [0.5, 0.6) is 11.5 Å². The molecule has 1 aromatic rings. The third kappa shape index (κ3) is 2.71. The van der Waals surface area contributed by atoms with Gasteiger partial charge in [0, 0.05) is 0 Å². The summed E-state index contributed by atoms with van der Waals surface area (Å²) in [7, 11) is 1.60. The number of rotatable bonds is 5. The molecule has 0 aliphatic heterocycles. The Balaban J connectivity index is 1.87. The molecule has 1 N–H and O–H groups in total.